The Morgan fingerprint density at radius 2 is 1.55 bits per heavy atom. The van der Waals surface area contributed by atoms with Gasteiger partial charge in [-0.3, -0.25) is 0 Å². The SMILES string of the molecule is CCCCCC1CCC(C2CCC(COc3c(OC(F)F)ccc(Cl)c3F)CC2)CC1. The molecule has 0 N–H and O–H groups in total. The van der Waals surface area contributed by atoms with E-state index in [0.717, 1.165) is 30.6 Å². The van der Waals surface area contributed by atoms with Crippen molar-refractivity contribution in [2.45, 2.75) is 90.6 Å². The number of unbranched alkanes of at least 4 members (excludes halogenated alkanes) is 2. The first-order chi connectivity index (χ1) is 15.0. The highest BCUT2D eigenvalue weighted by Gasteiger charge is 2.31. The predicted molar refractivity (Wildman–Crippen MR) is 119 cm³/mol. The number of hydrogen-bond acceptors (Lipinski definition) is 2. The van der Waals surface area contributed by atoms with Crippen molar-refractivity contribution in [3.63, 3.8) is 0 Å². The third-order valence-corrected chi connectivity index (χ3v) is 7.65. The Morgan fingerprint density at radius 3 is 2.13 bits per heavy atom. The van der Waals surface area contributed by atoms with Crippen LogP contribution in [-0.2, 0) is 0 Å². The number of halogens is 4. The molecule has 1 aromatic carbocycles. The van der Waals surface area contributed by atoms with Crippen LogP contribution in [0.4, 0.5) is 13.2 Å². The van der Waals surface area contributed by atoms with Crippen LogP contribution in [0.25, 0.3) is 0 Å². The molecule has 0 atom stereocenters. The molecule has 2 nitrogen and oxygen atoms in total. The fourth-order valence-corrected chi connectivity index (χ4v) is 5.65. The maximum Gasteiger partial charge on any atom is 0.387 e. The second-order valence-electron chi connectivity index (χ2n) is 9.44. The van der Waals surface area contributed by atoms with Gasteiger partial charge in [0, 0.05) is 0 Å². The molecule has 2 aliphatic carbocycles. The standard InChI is InChI=1S/C25H36ClF3O2/c1-2-3-4-5-17-6-10-19(11-7-17)20-12-8-18(9-13-20)16-30-24-22(31-25(28)29)15-14-21(26)23(24)27/h14-15,17-20,25H,2-13,16H2,1H3. The van der Waals surface area contributed by atoms with E-state index >= 15 is 0 Å². The number of alkyl halides is 2. The van der Waals surface area contributed by atoms with Gasteiger partial charge in [0.1, 0.15) is 0 Å². The number of rotatable bonds is 10. The van der Waals surface area contributed by atoms with Crippen molar-refractivity contribution < 1.29 is 22.6 Å². The van der Waals surface area contributed by atoms with Crippen LogP contribution >= 0.6 is 11.6 Å². The normalized spacial score (nSPS) is 26.8. The average molecular weight is 461 g/mol. The lowest BCUT2D eigenvalue weighted by Gasteiger charge is -2.38. The summed E-state index contributed by atoms with van der Waals surface area (Å²) in [7, 11) is 0. The highest BCUT2D eigenvalue weighted by atomic mass is 35.5. The molecule has 0 aliphatic heterocycles. The lowest BCUT2D eigenvalue weighted by atomic mass is 9.69. The second kappa shape index (κ2) is 12.2. The van der Waals surface area contributed by atoms with E-state index in [2.05, 4.69) is 11.7 Å². The summed E-state index contributed by atoms with van der Waals surface area (Å²) >= 11 is 5.80. The monoisotopic (exact) mass is 460 g/mol. The largest absolute Gasteiger partial charge is 0.487 e. The van der Waals surface area contributed by atoms with Crippen LogP contribution in [0.3, 0.4) is 0 Å². The summed E-state index contributed by atoms with van der Waals surface area (Å²) in [5.41, 5.74) is 0. The molecule has 31 heavy (non-hydrogen) atoms. The highest BCUT2D eigenvalue weighted by Crippen LogP contribution is 2.43. The van der Waals surface area contributed by atoms with E-state index in [4.69, 9.17) is 16.3 Å². The van der Waals surface area contributed by atoms with Gasteiger partial charge in [0.15, 0.2) is 17.3 Å². The molecule has 3 rings (SSSR count). The van der Waals surface area contributed by atoms with Gasteiger partial charge in [-0.2, -0.15) is 8.78 Å². The third kappa shape index (κ3) is 7.20. The molecule has 2 fully saturated rings. The Kier molecular flexibility index (Phi) is 9.68. The van der Waals surface area contributed by atoms with Crippen LogP contribution in [0.15, 0.2) is 12.1 Å². The highest BCUT2D eigenvalue weighted by molar-refractivity contribution is 6.30. The quantitative estimate of drug-likeness (QED) is 0.325. The minimum absolute atomic E-state index is 0.161. The molecule has 0 heterocycles. The second-order valence-corrected chi connectivity index (χ2v) is 9.84. The molecule has 0 spiro atoms. The van der Waals surface area contributed by atoms with Gasteiger partial charge < -0.3 is 9.47 Å². The fraction of sp³-hybridized carbons (Fsp3) is 0.760. The minimum atomic E-state index is -3.04. The molecule has 0 aromatic heterocycles. The van der Waals surface area contributed by atoms with Crippen LogP contribution in [-0.4, -0.2) is 13.2 Å². The summed E-state index contributed by atoms with van der Waals surface area (Å²) in [6, 6.07) is 2.42. The minimum Gasteiger partial charge on any atom is -0.487 e. The number of ether oxygens (including phenoxy) is 2. The maximum atomic E-state index is 14.3. The summed E-state index contributed by atoms with van der Waals surface area (Å²) < 4.78 is 49.6. The molecule has 0 bridgehead atoms. The molecule has 1 aromatic rings. The first-order valence-electron chi connectivity index (χ1n) is 12.0. The summed E-state index contributed by atoms with van der Waals surface area (Å²) in [4.78, 5) is 0. The third-order valence-electron chi connectivity index (χ3n) is 7.36. The van der Waals surface area contributed by atoms with Gasteiger partial charge in [0.2, 0.25) is 0 Å². The van der Waals surface area contributed by atoms with Gasteiger partial charge in [-0.25, -0.2) is 4.39 Å². The fourth-order valence-electron chi connectivity index (χ4n) is 5.50. The lowest BCUT2D eigenvalue weighted by Crippen LogP contribution is -2.27. The van der Waals surface area contributed by atoms with E-state index < -0.39 is 12.4 Å². The van der Waals surface area contributed by atoms with E-state index in [0.29, 0.717) is 12.5 Å². The van der Waals surface area contributed by atoms with Gasteiger partial charge >= 0.3 is 6.61 Å². The van der Waals surface area contributed by atoms with Gasteiger partial charge in [-0.1, -0.05) is 57.0 Å². The van der Waals surface area contributed by atoms with Crippen molar-refractivity contribution in [2.24, 2.45) is 23.7 Å². The van der Waals surface area contributed by atoms with E-state index in [-0.39, 0.29) is 16.5 Å². The molecule has 0 radical (unpaired) electrons. The Bertz CT molecular complexity index is 669. The van der Waals surface area contributed by atoms with Crippen LogP contribution in [0, 0.1) is 29.5 Å². The molecule has 176 valence electrons. The molecule has 0 saturated heterocycles. The Morgan fingerprint density at radius 1 is 0.935 bits per heavy atom. The molecule has 2 saturated carbocycles. The zero-order valence-corrected chi connectivity index (χ0v) is 19.3. The maximum absolute atomic E-state index is 14.3. The van der Waals surface area contributed by atoms with Gasteiger partial charge in [0.25, 0.3) is 0 Å². The summed E-state index contributed by atoms with van der Waals surface area (Å²) in [6.45, 7) is -0.478. The van der Waals surface area contributed by atoms with E-state index in [1.165, 1.54) is 76.3 Å². The van der Waals surface area contributed by atoms with Crippen LogP contribution < -0.4 is 9.47 Å². The number of hydrogen-bond donors (Lipinski definition) is 0. The Balaban J connectivity index is 1.43. The van der Waals surface area contributed by atoms with E-state index in [9.17, 15) is 13.2 Å². The summed E-state index contributed by atoms with van der Waals surface area (Å²) in [5.74, 6) is 1.42. The molecular formula is C25H36ClF3O2. The average Bonchev–Trinajstić information content (AvgIpc) is 2.77. The summed E-state index contributed by atoms with van der Waals surface area (Å²) in [6.07, 6.45) is 15.4. The number of benzene rings is 1. The van der Waals surface area contributed by atoms with Crippen LogP contribution in [0.2, 0.25) is 5.02 Å². The topological polar surface area (TPSA) is 18.5 Å². The lowest BCUT2D eigenvalue weighted by molar-refractivity contribution is -0.0520. The molecular weight excluding hydrogens is 425 g/mol. The molecule has 2 aliphatic rings. The van der Waals surface area contributed by atoms with Gasteiger partial charge in [-0.15, -0.1) is 0 Å². The molecule has 0 unspecified atom stereocenters. The Hall–Kier alpha value is -1.10. The zero-order chi connectivity index (χ0) is 22.2. The zero-order valence-electron chi connectivity index (χ0n) is 18.6. The van der Waals surface area contributed by atoms with E-state index in [1.807, 2.05) is 0 Å². The smallest absolute Gasteiger partial charge is 0.387 e. The van der Waals surface area contributed by atoms with Crippen LogP contribution in [0.1, 0.15) is 84.0 Å². The van der Waals surface area contributed by atoms with Crippen LogP contribution in [0.5, 0.6) is 11.5 Å². The van der Waals surface area contributed by atoms with Gasteiger partial charge in [0.05, 0.1) is 11.6 Å². The van der Waals surface area contributed by atoms with Crippen molar-refractivity contribution in [2.75, 3.05) is 6.61 Å². The first-order valence-corrected chi connectivity index (χ1v) is 12.4. The molecule has 0 amide bonds. The van der Waals surface area contributed by atoms with Gasteiger partial charge in [-0.05, 0) is 74.3 Å². The summed E-state index contributed by atoms with van der Waals surface area (Å²) in [5, 5.41) is -0.161. The predicted octanol–water partition coefficient (Wildman–Crippen LogP) is 8.65. The van der Waals surface area contributed by atoms with Crippen molar-refractivity contribution in [3.05, 3.63) is 23.0 Å². The van der Waals surface area contributed by atoms with Crippen molar-refractivity contribution >= 4 is 11.6 Å². The van der Waals surface area contributed by atoms with Crippen molar-refractivity contribution in [1.82, 2.24) is 0 Å². The van der Waals surface area contributed by atoms with Crippen molar-refractivity contribution in [3.8, 4) is 11.5 Å². The van der Waals surface area contributed by atoms with E-state index in [1.54, 1.807) is 0 Å². The Labute approximate surface area is 189 Å². The van der Waals surface area contributed by atoms with Crippen molar-refractivity contribution in [1.29, 1.82) is 0 Å². The first kappa shape index (κ1) is 24.5. The molecule has 6 heteroatoms.